The van der Waals surface area contributed by atoms with E-state index in [1.165, 1.54) is 11.8 Å². The standard InChI is InChI=1S/C29H28N2O4S2/c1-5-34-25-15-21(16-26-28(33)31(29(36)37-26)22-10-6-18(2)7-11-22)9-13-24(25)35-17-27(32)30-23-12-8-19(3)14-20(23)4/h6-16H,5,17H2,1-4H3,(H,30,32)/b26-16-. The Labute approximate surface area is 226 Å². The topological polar surface area (TPSA) is 67.9 Å². The minimum Gasteiger partial charge on any atom is -0.490 e. The predicted octanol–water partition coefficient (Wildman–Crippen LogP) is 6.43. The fraction of sp³-hybridized carbons (Fsp3) is 0.207. The Bertz CT molecular complexity index is 1380. The molecule has 0 aliphatic carbocycles. The van der Waals surface area contributed by atoms with Crippen LogP contribution in [0.2, 0.25) is 0 Å². The van der Waals surface area contributed by atoms with Gasteiger partial charge in [0.1, 0.15) is 0 Å². The summed E-state index contributed by atoms with van der Waals surface area (Å²) < 4.78 is 12.0. The molecule has 8 heteroatoms. The van der Waals surface area contributed by atoms with Gasteiger partial charge < -0.3 is 14.8 Å². The lowest BCUT2D eigenvalue weighted by molar-refractivity contribution is -0.118. The zero-order valence-corrected chi connectivity index (χ0v) is 22.8. The molecule has 0 spiro atoms. The number of aryl methyl sites for hydroxylation is 3. The highest BCUT2D eigenvalue weighted by Crippen LogP contribution is 2.37. The molecule has 3 aromatic carbocycles. The number of nitrogens with zero attached hydrogens (tertiary/aromatic N) is 1. The molecule has 0 unspecified atom stereocenters. The number of carbonyl (C=O) groups excluding carboxylic acids is 2. The van der Waals surface area contributed by atoms with Gasteiger partial charge in [0.15, 0.2) is 22.4 Å². The first kappa shape index (κ1) is 26.4. The van der Waals surface area contributed by atoms with E-state index < -0.39 is 0 Å². The maximum Gasteiger partial charge on any atom is 0.270 e. The largest absolute Gasteiger partial charge is 0.490 e. The summed E-state index contributed by atoms with van der Waals surface area (Å²) in [6.45, 7) is 8.08. The second-order valence-corrected chi connectivity index (χ2v) is 10.3. The summed E-state index contributed by atoms with van der Waals surface area (Å²) in [7, 11) is 0. The van der Waals surface area contributed by atoms with E-state index >= 15 is 0 Å². The molecule has 4 rings (SSSR count). The van der Waals surface area contributed by atoms with E-state index in [9.17, 15) is 9.59 Å². The van der Waals surface area contributed by atoms with Crippen LogP contribution in [0, 0.1) is 20.8 Å². The Morgan fingerprint density at radius 1 is 0.973 bits per heavy atom. The number of benzene rings is 3. The number of amides is 2. The highest BCUT2D eigenvalue weighted by Gasteiger charge is 2.33. The Hall–Kier alpha value is -3.62. The third-order valence-electron chi connectivity index (χ3n) is 5.67. The van der Waals surface area contributed by atoms with Crippen molar-refractivity contribution in [2.45, 2.75) is 27.7 Å². The summed E-state index contributed by atoms with van der Waals surface area (Å²) in [5, 5.41) is 2.88. The number of thioether (sulfide) groups is 1. The maximum absolute atomic E-state index is 13.1. The quantitative estimate of drug-likeness (QED) is 0.266. The van der Waals surface area contributed by atoms with Crippen molar-refractivity contribution in [1.82, 2.24) is 0 Å². The molecule has 1 saturated heterocycles. The molecule has 1 aliphatic rings. The molecule has 0 bridgehead atoms. The molecule has 3 aromatic rings. The predicted molar refractivity (Wildman–Crippen MR) is 154 cm³/mol. The first-order valence-corrected chi connectivity index (χ1v) is 13.1. The molecule has 0 radical (unpaired) electrons. The minimum absolute atomic E-state index is 0.165. The summed E-state index contributed by atoms with van der Waals surface area (Å²) in [6.07, 6.45) is 1.78. The van der Waals surface area contributed by atoms with Crippen LogP contribution in [0.1, 0.15) is 29.2 Å². The monoisotopic (exact) mass is 532 g/mol. The third kappa shape index (κ3) is 6.39. The molecule has 6 nitrogen and oxygen atoms in total. The van der Waals surface area contributed by atoms with Crippen molar-refractivity contribution >= 4 is 57.6 Å². The lowest BCUT2D eigenvalue weighted by Gasteiger charge is -2.14. The number of rotatable bonds is 8. The molecule has 1 N–H and O–H groups in total. The maximum atomic E-state index is 13.1. The second-order valence-electron chi connectivity index (χ2n) is 8.65. The van der Waals surface area contributed by atoms with Gasteiger partial charge in [0.2, 0.25) is 0 Å². The van der Waals surface area contributed by atoms with Gasteiger partial charge in [-0.05, 0) is 75.2 Å². The Morgan fingerprint density at radius 2 is 1.70 bits per heavy atom. The van der Waals surface area contributed by atoms with Crippen molar-refractivity contribution in [3.63, 3.8) is 0 Å². The smallest absolute Gasteiger partial charge is 0.270 e. The van der Waals surface area contributed by atoms with E-state index in [1.54, 1.807) is 23.1 Å². The summed E-state index contributed by atoms with van der Waals surface area (Å²) in [6, 6.07) is 18.9. The number of thiocarbonyl (C=S) groups is 1. The Morgan fingerprint density at radius 3 is 2.41 bits per heavy atom. The number of nitrogens with one attached hydrogen (secondary N) is 1. The van der Waals surface area contributed by atoms with E-state index in [1.807, 2.05) is 76.2 Å². The zero-order valence-electron chi connectivity index (χ0n) is 21.2. The Balaban J connectivity index is 1.47. The normalized spacial score (nSPS) is 14.3. The van der Waals surface area contributed by atoms with Crippen LogP contribution in [0.5, 0.6) is 11.5 Å². The van der Waals surface area contributed by atoms with Crippen molar-refractivity contribution in [3.8, 4) is 11.5 Å². The van der Waals surface area contributed by atoms with Crippen LogP contribution in [0.25, 0.3) is 6.08 Å². The fourth-order valence-corrected chi connectivity index (χ4v) is 5.12. The molecule has 1 aliphatic heterocycles. The van der Waals surface area contributed by atoms with E-state index in [0.717, 1.165) is 33.6 Å². The van der Waals surface area contributed by atoms with Crippen LogP contribution in [-0.2, 0) is 9.59 Å². The van der Waals surface area contributed by atoms with Crippen molar-refractivity contribution in [3.05, 3.63) is 87.8 Å². The second kappa shape index (κ2) is 11.6. The molecule has 0 atom stereocenters. The van der Waals surface area contributed by atoms with Crippen LogP contribution >= 0.6 is 24.0 Å². The summed E-state index contributed by atoms with van der Waals surface area (Å²) in [4.78, 5) is 27.6. The molecule has 1 heterocycles. The number of ether oxygens (including phenoxy) is 2. The first-order valence-electron chi connectivity index (χ1n) is 11.9. The van der Waals surface area contributed by atoms with Gasteiger partial charge in [-0.1, -0.05) is 65.4 Å². The fourth-order valence-electron chi connectivity index (χ4n) is 3.82. The molecular formula is C29H28N2O4S2. The van der Waals surface area contributed by atoms with Crippen molar-refractivity contribution in [2.75, 3.05) is 23.4 Å². The molecular weight excluding hydrogens is 504 g/mol. The van der Waals surface area contributed by atoms with Crippen LogP contribution in [0.4, 0.5) is 11.4 Å². The molecule has 2 amide bonds. The minimum atomic E-state index is -0.266. The van der Waals surface area contributed by atoms with Crippen LogP contribution in [-0.4, -0.2) is 29.3 Å². The van der Waals surface area contributed by atoms with Gasteiger partial charge in [-0.3, -0.25) is 14.5 Å². The molecule has 190 valence electrons. The Kier molecular flexibility index (Phi) is 8.31. The van der Waals surface area contributed by atoms with Crippen molar-refractivity contribution < 1.29 is 19.1 Å². The highest BCUT2D eigenvalue weighted by molar-refractivity contribution is 8.27. The lowest BCUT2D eigenvalue weighted by Crippen LogP contribution is -2.27. The zero-order chi connectivity index (χ0) is 26.5. The third-order valence-corrected chi connectivity index (χ3v) is 6.97. The van der Waals surface area contributed by atoms with Gasteiger partial charge in [0.05, 0.1) is 17.2 Å². The molecule has 37 heavy (non-hydrogen) atoms. The van der Waals surface area contributed by atoms with Gasteiger partial charge >= 0.3 is 0 Å². The average Bonchev–Trinajstić information content (AvgIpc) is 3.13. The number of hydrogen-bond acceptors (Lipinski definition) is 6. The van der Waals surface area contributed by atoms with Gasteiger partial charge in [-0.15, -0.1) is 0 Å². The number of carbonyl (C=O) groups is 2. The van der Waals surface area contributed by atoms with Gasteiger partial charge in [0.25, 0.3) is 11.8 Å². The van der Waals surface area contributed by atoms with Crippen LogP contribution < -0.4 is 19.7 Å². The van der Waals surface area contributed by atoms with E-state index in [4.69, 9.17) is 21.7 Å². The summed E-state index contributed by atoms with van der Waals surface area (Å²) in [5.41, 5.74) is 5.49. The van der Waals surface area contributed by atoms with Crippen molar-refractivity contribution in [1.29, 1.82) is 0 Å². The van der Waals surface area contributed by atoms with Crippen molar-refractivity contribution in [2.24, 2.45) is 0 Å². The first-order chi connectivity index (χ1) is 17.7. The molecule has 0 aromatic heterocycles. The van der Waals surface area contributed by atoms with E-state index in [2.05, 4.69) is 5.32 Å². The number of hydrogen-bond donors (Lipinski definition) is 1. The highest BCUT2D eigenvalue weighted by atomic mass is 32.2. The number of anilines is 2. The molecule has 1 fully saturated rings. The average molecular weight is 533 g/mol. The van der Waals surface area contributed by atoms with E-state index in [0.29, 0.717) is 27.3 Å². The van der Waals surface area contributed by atoms with Gasteiger partial charge in [-0.25, -0.2) is 0 Å². The molecule has 0 saturated carbocycles. The lowest BCUT2D eigenvalue weighted by atomic mass is 10.1. The SMILES string of the molecule is CCOc1cc(/C=C2\SC(=S)N(c3ccc(C)cc3)C2=O)ccc1OCC(=O)Nc1ccc(C)cc1C. The van der Waals surface area contributed by atoms with Gasteiger partial charge in [-0.2, -0.15) is 0 Å². The van der Waals surface area contributed by atoms with Crippen LogP contribution in [0.15, 0.2) is 65.6 Å². The van der Waals surface area contributed by atoms with E-state index in [-0.39, 0.29) is 18.4 Å². The summed E-state index contributed by atoms with van der Waals surface area (Å²) >= 11 is 6.74. The summed E-state index contributed by atoms with van der Waals surface area (Å²) in [5.74, 6) is 0.505. The van der Waals surface area contributed by atoms with Crippen LogP contribution in [0.3, 0.4) is 0 Å². The van der Waals surface area contributed by atoms with Gasteiger partial charge in [0, 0.05) is 5.69 Å².